The molecule has 0 atom stereocenters. The van der Waals surface area contributed by atoms with Gasteiger partial charge in [0.05, 0.1) is 5.56 Å². The Kier molecular flexibility index (Phi) is 6.45. The normalized spacial score (nSPS) is 17.2. The van der Waals surface area contributed by atoms with Crippen LogP contribution < -0.4 is 5.32 Å². The molecule has 7 nitrogen and oxygen atoms in total. The highest BCUT2D eigenvalue weighted by Crippen LogP contribution is 2.25. The lowest BCUT2D eigenvalue weighted by atomic mass is 9.90. The van der Waals surface area contributed by atoms with Crippen molar-refractivity contribution >= 4 is 28.5 Å². The van der Waals surface area contributed by atoms with Gasteiger partial charge in [0.25, 0.3) is 17.6 Å². The molecule has 1 aromatic heterocycles. The predicted octanol–water partition coefficient (Wildman–Crippen LogP) is 2.88. The molecule has 2 aliphatic rings. The van der Waals surface area contributed by atoms with Crippen LogP contribution in [0.15, 0.2) is 54.7 Å². The number of piperidine rings is 1. The summed E-state index contributed by atoms with van der Waals surface area (Å²) in [6.45, 7) is 3.89. The van der Waals surface area contributed by atoms with Gasteiger partial charge in [-0.15, -0.1) is 0 Å². The van der Waals surface area contributed by atoms with Crippen LogP contribution in [-0.2, 0) is 11.2 Å². The number of H-pyrrole nitrogens is 1. The molecule has 0 unspecified atom stereocenters. The molecule has 2 aliphatic heterocycles. The number of carbonyl (C=O) groups excluding carboxylic acids is 3. The Bertz CT molecular complexity index is 1190. The SMILES string of the molecule is O=C(C(=O)N1CCNCC1)c1c[nH]c2ccc(C(=O)N3CCC(Cc4ccccc4)CC3)cc12. The first-order valence-corrected chi connectivity index (χ1v) is 12.1. The van der Waals surface area contributed by atoms with Crippen molar-refractivity contribution in [3.63, 3.8) is 0 Å². The highest BCUT2D eigenvalue weighted by atomic mass is 16.2. The van der Waals surface area contributed by atoms with Crippen molar-refractivity contribution in [2.45, 2.75) is 19.3 Å². The van der Waals surface area contributed by atoms with E-state index in [1.807, 2.05) is 17.0 Å². The summed E-state index contributed by atoms with van der Waals surface area (Å²) < 4.78 is 0. The fourth-order valence-corrected chi connectivity index (χ4v) is 5.04. The van der Waals surface area contributed by atoms with Crippen LogP contribution in [0.25, 0.3) is 10.9 Å². The largest absolute Gasteiger partial charge is 0.360 e. The minimum Gasteiger partial charge on any atom is -0.360 e. The number of fused-ring (bicyclic) bond motifs is 1. The predicted molar refractivity (Wildman–Crippen MR) is 131 cm³/mol. The number of carbonyl (C=O) groups is 3. The minimum atomic E-state index is -0.528. The Morgan fingerprint density at radius 1 is 0.882 bits per heavy atom. The van der Waals surface area contributed by atoms with Gasteiger partial charge in [-0.3, -0.25) is 14.4 Å². The van der Waals surface area contributed by atoms with Gasteiger partial charge in [-0.2, -0.15) is 0 Å². The molecule has 0 radical (unpaired) electrons. The second kappa shape index (κ2) is 9.81. The Morgan fingerprint density at radius 3 is 2.35 bits per heavy atom. The smallest absolute Gasteiger partial charge is 0.295 e. The molecule has 34 heavy (non-hydrogen) atoms. The van der Waals surface area contributed by atoms with Gasteiger partial charge in [0, 0.05) is 61.9 Å². The number of hydrogen-bond donors (Lipinski definition) is 2. The third kappa shape index (κ3) is 4.61. The number of nitrogens with one attached hydrogen (secondary N) is 2. The first-order chi connectivity index (χ1) is 16.6. The van der Waals surface area contributed by atoms with Crippen LogP contribution in [0.2, 0.25) is 0 Å². The molecule has 2 saturated heterocycles. The average molecular weight is 459 g/mol. The standard InChI is InChI=1S/C27H30N4O3/c32-25(27(34)31-14-10-28-11-15-31)23-18-29-24-7-6-21(17-22(23)24)26(33)30-12-8-20(9-13-30)16-19-4-2-1-3-5-19/h1-7,17-18,20,28-29H,8-16H2. The van der Waals surface area contributed by atoms with Crippen LogP contribution in [-0.4, -0.2) is 71.6 Å². The number of Topliss-reactive ketones (excluding diaryl/α,β-unsaturated/α-hetero) is 1. The Hall–Kier alpha value is -3.45. The number of ketones is 1. The van der Waals surface area contributed by atoms with Gasteiger partial charge < -0.3 is 20.1 Å². The zero-order valence-electron chi connectivity index (χ0n) is 19.3. The molecule has 2 fully saturated rings. The fraction of sp³-hybridized carbons (Fsp3) is 0.370. The van der Waals surface area contributed by atoms with E-state index in [-0.39, 0.29) is 5.91 Å². The van der Waals surface area contributed by atoms with Crippen LogP contribution in [0, 0.1) is 5.92 Å². The molecule has 0 spiro atoms. The van der Waals surface area contributed by atoms with E-state index in [0.717, 1.165) is 37.9 Å². The maximum Gasteiger partial charge on any atom is 0.295 e. The number of amides is 2. The van der Waals surface area contributed by atoms with Gasteiger partial charge in [0.2, 0.25) is 0 Å². The molecular formula is C27H30N4O3. The summed E-state index contributed by atoms with van der Waals surface area (Å²) in [4.78, 5) is 45.5. The molecular weight excluding hydrogens is 428 g/mol. The van der Waals surface area contributed by atoms with Crippen molar-refractivity contribution in [1.29, 1.82) is 0 Å². The maximum absolute atomic E-state index is 13.2. The first-order valence-electron chi connectivity index (χ1n) is 12.1. The van der Waals surface area contributed by atoms with Gasteiger partial charge in [-0.05, 0) is 48.9 Å². The number of rotatable bonds is 5. The third-order valence-electron chi connectivity index (χ3n) is 7.04. The lowest BCUT2D eigenvalue weighted by molar-refractivity contribution is -0.126. The van der Waals surface area contributed by atoms with Crippen LogP contribution in [0.5, 0.6) is 0 Å². The van der Waals surface area contributed by atoms with Gasteiger partial charge in [0.1, 0.15) is 0 Å². The summed E-state index contributed by atoms with van der Waals surface area (Å²) in [7, 11) is 0. The Balaban J connectivity index is 1.27. The molecule has 2 aromatic carbocycles. The van der Waals surface area contributed by atoms with Crippen LogP contribution in [0.4, 0.5) is 0 Å². The summed E-state index contributed by atoms with van der Waals surface area (Å²) in [5.74, 6) is -0.453. The number of aromatic nitrogens is 1. The van der Waals surface area contributed by atoms with Crippen molar-refractivity contribution in [3.05, 3.63) is 71.4 Å². The van der Waals surface area contributed by atoms with Crippen molar-refractivity contribution < 1.29 is 14.4 Å². The summed E-state index contributed by atoms with van der Waals surface area (Å²) in [6.07, 6.45) is 4.59. The zero-order valence-corrected chi connectivity index (χ0v) is 19.3. The van der Waals surface area contributed by atoms with E-state index in [1.54, 1.807) is 23.2 Å². The minimum absolute atomic E-state index is 0.0203. The zero-order chi connectivity index (χ0) is 23.5. The van der Waals surface area contributed by atoms with Gasteiger partial charge in [0.15, 0.2) is 0 Å². The van der Waals surface area contributed by atoms with Crippen LogP contribution >= 0.6 is 0 Å². The van der Waals surface area contributed by atoms with Crippen molar-refractivity contribution in [2.24, 2.45) is 5.92 Å². The van der Waals surface area contributed by atoms with Gasteiger partial charge in [-0.1, -0.05) is 30.3 Å². The molecule has 2 N–H and O–H groups in total. The second-order valence-corrected chi connectivity index (χ2v) is 9.26. The second-order valence-electron chi connectivity index (χ2n) is 9.26. The third-order valence-corrected chi connectivity index (χ3v) is 7.04. The molecule has 5 rings (SSSR count). The van der Waals surface area contributed by atoms with Gasteiger partial charge >= 0.3 is 0 Å². The summed E-state index contributed by atoms with van der Waals surface area (Å²) in [5.41, 5.74) is 2.97. The summed E-state index contributed by atoms with van der Waals surface area (Å²) in [6, 6.07) is 15.9. The summed E-state index contributed by atoms with van der Waals surface area (Å²) in [5, 5.41) is 3.81. The maximum atomic E-state index is 13.2. The Morgan fingerprint density at radius 2 is 1.62 bits per heavy atom. The van der Waals surface area contributed by atoms with E-state index in [0.29, 0.717) is 48.6 Å². The molecule has 0 saturated carbocycles. The number of benzene rings is 2. The highest BCUT2D eigenvalue weighted by Gasteiger charge is 2.28. The summed E-state index contributed by atoms with van der Waals surface area (Å²) >= 11 is 0. The average Bonchev–Trinajstić information content (AvgIpc) is 3.32. The van der Waals surface area contributed by atoms with Gasteiger partial charge in [-0.25, -0.2) is 0 Å². The van der Waals surface area contributed by atoms with Crippen molar-refractivity contribution in [1.82, 2.24) is 20.1 Å². The first kappa shape index (κ1) is 22.3. The number of nitrogens with zero attached hydrogens (tertiary/aromatic N) is 2. The van der Waals surface area contributed by atoms with E-state index in [9.17, 15) is 14.4 Å². The number of likely N-dealkylation sites (tertiary alicyclic amines) is 1. The molecule has 7 heteroatoms. The topological polar surface area (TPSA) is 85.5 Å². The van der Waals surface area contributed by atoms with Crippen LogP contribution in [0.3, 0.4) is 0 Å². The van der Waals surface area contributed by atoms with E-state index in [1.165, 1.54) is 5.56 Å². The van der Waals surface area contributed by atoms with Crippen LogP contribution in [0.1, 0.15) is 39.1 Å². The molecule has 3 aromatic rings. The quantitative estimate of drug-likeness (QED) is 0.455. The number of piperazine rings is 1. The van der Waals surface area contributed by atoms with E-state index in [2.05, 4.69) is 34.6 Å². The van der Waals surface area contributed by atoms with E-state index >= 15 is 0 Å². The lowest BCUT2D eigenvalue weighted by Gasteiger charge is -2.32. The van der Waals surface area contributed by atoms with Crippen molar-refractivity contribution in [3.8, 4) is 0 Å². The highest BCUT2D eigenvalue weighted by molar-refractivity contribution is 6.44. The molecule has 0 aliphatic carbocycles. The number of hydrogen-bond acceptors (Lipinski definition) is 4. The van der Waals surface area contributed by atoms with E-state index in [4.69, 9.17) is 0 Å². The van der Waals surface area contributed by atoms with Crippen molar-refractivity contribution in [2.75, 3.05) is 39.3 Å². The monoisotopic (exact) mass is 458 g/mol. The molecule has 176 valence electrons. The molecule has 3 heterocycles. The lowest BCUT2D eigenvalue weighted by Crippen LogP contribution is -2.48. The molecule has 0 bridgehead atoms. The fourth-order valence-electron chi connectivity index (χ4n) is 5.04. The Labute approximate surface area is 199 Å². The molecule has 2 amide bonds. The number of aromatic amines is 1. The van der Waals surface area contributed by atoms with E-state index < -0.39 is 11.7 Å².